The van der Waals surface area contributed by atoms with E-state index in [4.69, 9.17) is 13.9 Å². The zero-order chi connectivity index (χ0) is 21.9. The van der Waals surface area contributed by atoms with Crippen molar-refractivity contribution in [1.82, 2.24) is 0 Å². The standard InChI is InChI=1S/C27H25NO4/c1-2-6-20-15-26(29)32-27-23(20)13-14-25-24(27)16-28(18-31-25)21-9-11-22(12-10-21)30-17-19-7-4-3-5-8-19/h3-5,7-15H,2,6,16-18H2,1H3. The van der Waals surface area contributed by atoms with Crippen LogP contribution in [0.25, 0.3) is 11.0 Å². The van der Waals surface area contributed by atoms with Crippen molar-refractivity contribution in [3.05, 3.63) is 99.9 Å². The molecule has 4 aromatic rings. The molecule has 2 heterocycles. The second-order valence-electron chi connectivity index (χ2n) is 8.00. The van der Waals surface area contributed by atoms with Gasteiger partial charge in [0.05, 0.1) is 12.1 Å². The van der Waals surface area contributed by atoms with Crippen LogP contribution in [0.5, 0.6) is 11.5 Å². The van der Waals surface area contributed by atoms with Crippen molar-refractivity contribution in [1.29, 1.82) is 0 Å². The summed E-state index contributed by atoms with van der Waals surface area (Å²) in [6, 6.07) is 23.7. The second-order valence-corrected chi connectivity index (χ2v) is 8.00. The highest BCUT2D eigenvalue weighted by molar-refractivity contribution is 5.85. The third kappa shape index (κ3) is 4.06. The number of hydrogen-bond acceptors (Lipinski definition) is 5. The summed E-state index contributed by atoms with van der Waals surface area (Å²) in [5.41, 5.74) is 4.41. The van der Waals surface area contributed by atoms with Gasteiger partial charge >= 0.3 is 5.63 Å². The van der Waals surface area contributed by atoms with Crippen LogP contribution in [-0.4, -0.2) is 6.73 Å². The largest absolute Gasteiger partial charge is 0.489 e. The van der Waals surface area contributed by atoms with Crippen LogP contribution in [0.4, 0.5) is 5.69 Å². The number of ether oxygens (including phenoxy) is 2. The minimum atomic E-state index is -0.314. The molecule has 0 spiro atoms. The van der Waals surface area contributed by atoms with Crippen molar-refractivity contribution in [2.75, 3.05) is 11.6 Å². The molecule has 0 aliphatic carbocycles. The van der Waals surface area contributed by atoms with Crippen LogP contribution in [0, 0.1) is 0 Å². The maximum absolute atomic E-state index is 12.2. The van der Waals surface area contributed by atoms with Gasteiger partial charge in [-0.3, -0.25) is 0 Å². The minimum absolute atomic E-state index is 0.314. The van der Waals surface area contributed by atoms with Gasteiger partial charge in [-0.05, 0) is 53.9 Å². The summed E-state index contributed by atoms with van der Waals surface area (Å²) < 4.78 is 17.5. The first-order valence-electron chi connectivity index (χ1n) is 10.9. The van der Waals surface area contributed by atoms with Crippen LogP contribution in [0.3, 0.4) is 0 Å². The Morgan fingerprint density at radius 1 is 1.00 bits per heavy atom. The average molecular weight is 428 g/mol. The van der Waals surface area contributed by atoms with Crippen LogP contribution >= 0.6 is 0 Å². The fourth-order valence-electron chi connectivity index (χ4n) is 4.13. The van der Waals surface area contributed by atoms with E-state index in [1.54, 1.807) is 6.07 Å². The fourth-order valence-corrected chi connectivity index (χ4v) is 4.13. The number of benzene rings is 3. The molecule has 5 nitrogen and oxygen atoms in total. The number of aryl methyl sites for hydroxylation is 1. The molecule has 5 heteroatoms. The van der Waals surface area contributed by atoms with Crippen molar-refractivity contribution in [3.63, 3.8) is 0 Å². The van der Waals surface area contributed by atoms with E-state index in [2.05, 4.69) is 11.8 Å². The summed E-state index contributed by atoms with van der Waals surface area (Å²) in [4.78, 5) is 14.3. The van der Waals surface area contributed by atoms with Crippen molar-refractivity contribution in [3.8, 4) is 11.5 Å². The molecule has 0 saturated heterocycles. The molecule has 32 heavy (non-hydrogen) atoms. The Morgan fingerprint density at radius 3 is 2.59 bits per heavy atom. The van der Waals surface area contributed by atoms with Crippen molar-refractivity contribution in [2.24, 2.45) is 0 Å². The smallest absolute Gasteiger partial charge is 0.336 e. The zero-order valence-electron chi connectivity index (χ0n) is 18.0. The second kappa shape index (κ2) is 8.79. The van der Waals surface area contributed by atoms with Gasteiger partial charge in [-0.15, -0.1) is 0 Å². The molecule has 0 fully saturated rings. The molecule has 0 radical (unpaired) electrons. The Hall–Kier alpha value is -3.73. The Morgan fingerprint density at radius 2 is 1.81 bits per heavy atom. The predicted molar refractivity (Wildman–Crippen MR) is 125 cm³/mol. The molecule has 5 rings (SSSR count). The lowest BCUT2D eigenvalue weighted by Crippen LogP contribution is -2.32. The maximum Gasteiger partial charge on any atom is 0.336 e. The van der Waals surface area contributed by atoms with Crippen LogP contribution < -0.4 is 20.0 Å². The first-order valence-corrected chi connectivity index (χ1v) is 10.9. The molecule has 0 unspecified atom stereocenters. The van der Waals surface area contributed by atoms with Crippen LogP contribution in [-0.2, 0) is 19.6 Å². The molecule has 0 atom stereocenters. The summed E-state index contributed by atoms with van der Waals surface area (Å²) in [5.74, 6) is 1.59. The maximum atomic E-state index is 12.2. The number of nitrogens with zero attached hydrogens (tertiary/aromatic N) is 1. The Kier molecular flexibility index (Phi) is 5.55. The molecule has 1 aromatic heterocycles. The molecule has 1 aliphatic rings. The summed E-state index contributed by atoms with van der Waals surface area (Å²) >= 11 is 0. The molecule has 3 aromatic carbocycles. The van der Waals surface area contributed by atoms with Gasteiger partial charge < -0.3 is 18.8 Å². The molecular weight excluding hydrogens is 402 g/mol. The van der Waals surface area contributed by atoms with E-state index in [0.29, 0.717) is 25.5 Å². The highest BCUT2D eigenvalue weighted by Gasteiger charge is 2.22. The number of anilines is 1. The monoisotopic (exact) mass is 427 g/mol. The zero-order valence-corrected chi connectivity index (χ0v) is 18.0. The molecule has 0 N–H and O–H groups in total. The minimum Gasteiger partial charge on any atom is -0.489 e. The summed E-state index contributed by atoms with van der Waals surface area (Å²) in [6.07, 6.45) is 1.81. The fraction of sp³-hybridized carbons (Fsp3) is 0.222. The summed E-state index contributed by atoms with van der Waals surface area (Å²) in [6.45, 7) is 3.68. The number of hydrogen-bond donors (Lipinski definition) is 0. The third-order valence-corrected chi connectivity index (χ3v) is 5.75. The van der Waals surface area contributed by atoms with E-state index in [1.807, 2.05) is 66.7 Å². The number of fused-ring (bicyclic) bond motifs is 3. The first-order chi connectivity index (χ1) is 15.7. The lowest BCUT2D eigenvalue weighted by Gasteiger charge is -2.31. The van der Waals surface area contributed by atoms with Gasteiger partial charge in [0.1, 0.15) is 23.7 Å². The lowest BCUT2D eigenvalue weighted by molar-refractivity contribution is 0.288. The molecule has 1 aliphatic heterocycles. The topological polar surface area (TPSA) is 51.9 Å². The Bertz CT molecular complexity index is 1280. The third-order valence-electron chi connectivity index (χ3n) is 5.75. The van der Waals surface area contributed by atoms with E-state index < -0.39 is 0 Å². The van der Waals surface area contributed by atoms with Gasteiger partial charge in [0.25, 0.3) is 0 Å². The van der Waals surface area contributed by atoms with E-state index >= 15 is 0 Å². The predicted octanol–water partition coefficient (Wildman–Crippen LogP) is 5.68. The molecular formula is C27H25NO4. The quantitative estimate of drug-likeness (QED) is 0.371. The molecule has 0 saturated carbocycles. The van der Waals surface area contributed by atoms with Crippen molar-refractivity contribution in [2.45, 2.75) is 32.9 Å². The van der Waals surface area contributed by atoms with Gasteiger partial charge in [-0.25, -0.2) is 4.79 Å². The van der Waals surface area contributed by atoms with E-state index in [1.165, 1.54) is 0 Å². The van der Waals surface area contributed by atoms with E-state index in [-0.39, 0.29) is 5.63 Å². The van der Waals surface area contributed by atoms with Crippen LogP contribution in [0.15, 0.2) is 82.0 Å². The van der Waals surface area contributed by atoms with Crippen molar-refractivity contribution < 1.29 is 13.9 Å². The molecule has 0 amide bonds. The Balaban J connectivity index is 1.37. The lowest BCUT2D eigenvalue weighted by atomic mass is 10.0. The summed E-state index contributed by atoms with van der Waals surface area (Å²) in [5, 5.41) is 0.986. The van der Waals surface area contributed by atoms with Gasteiger partial charge in [-0.2, -0.15) is 0 Å². The number of rotatable bonds is 6. The average Bonchev–Trinajstić information content (AvgIpc) is 2.83. The van der Waals surface area contributed by atoms with Crippen molar-refractivity contribution >= 4 is 16.7 Å². The van der Waals surface area contributed by atoms with Gasteiger partial charge in [-0.1, -0.05) is 43.7 Å². The first kappa shape index (κ1) is 20.2. The SMILES string of the molecule is CCCc1cc(=O)oc2c3c(ccc12)OCN(c1ccc(OCc2ccccc2)cc1)C3. The van der Waals surface area contributed by atoms with Gasteiger partial charge in [0.15, 0.2) is 6.73 Å². The van der Waals surface area contributed by atoms with Gasteiger partial charge in [0, 0.05) is 17.1 Å². The Labute approximate surface area is 186 Å². The van der Waals surface area contributed by atoms with Gasteiger partial charge in [0.2, 0.25) is 0 Å². The highest BCUT2D eigenvalue weighted by Crippen LogP contribution is 2.35. The highest BCUT2D eigenvalue weighted by atomic mass is 16.5. The van der Waals surface area contributed by atoms with E-state index in [9.17, 15) is 4.79 Å². The molecule has 0 bridgehead atoms. The van der Waals surface area contributed by atoms with E-state index in [0.717, 1.165) is 52.1 Å². The molecule has 162 valence electrons. The van der Waals surface area contributed by atoms with Crippen LogP contribution in [0.2, 0.25) is 0 Å². The normalized spacial score (nSPS) is 13.0. The summed E-state index contributed by atoms with van der Waals surface area (Å²) in [7, 11) is 0. The van der Waals surface area contributed by atoms with Crippen LogP contribution in [0.1, 0.15) is 30.0 Å².